The third-order valence-electron chi connectivity index (χ3n) is 4.86. The van der Waals surface area contributed by atoms with E-state index in [2.05, 4.69) is 5.10 Å². The molecule has 1 atom stereocenters. The van der Waals surface area contributed by atoms with Gasteiger partial charge in [-0.05, 0) is 47.5 Å². The second-order valence-electron chi connectivity index (χ2n) is 6.83. The predicted octanol–water partition coefficient (Wildman–Crippen LogP) is 5.16. The highest BCUT2D eigenvalue weighted by Crippen LogP contribution is 2.42. The molecule has 3 nitrogen and oxygen atoms in total. The van der Waals surface area contributed by atoms with Crippen molar-refractivity contribution in [2.45, 2.75) is 18.2 Å². The summed E-state index contributed by atoms with van der Waals surface area (Å²) < 4.78 is 56.7. The Morgan fingerprint density at radius 2 is 1.66 bits per heavy atom. The van der Waals surface area contributed by atoms with Crippen LogP contribution in [0.2, 0.25) is 0 Å². The Bertz CT molecular complexity index is 1150. The molecule has 0 aliphatic heterocycles. The van der Waals surface area contributed by atoms with Crippen LogP contribution >= 0.6 is 0 Å². The Morgan fingerprint density at radius 1 is 0.897 bits per heavy atom. The monoisotopic (exact) mass is 400 g/mol. The van der Waals surface area contributed by atoms with E-state index in [9.17, 15) is 22.7 Å². The molecule has 148 valence electrons. The lowest BCUT2D eigenvalue weighted by Crippen LogP contribution is -2.44. The van der Waals surface area contributed by atoms with Crippen molar-refractivity contribution in [3.8, 4) is 5.69 Å². The third-order valence-corrected chi connectivity index (χ3v) is 4.86. The van der Waals surface area contributed by atoms with E-state index in [4.69, 9.17) is 0 Å². The fraction of sp³-hybridized carbons (Fsp3) is 0.136. The van der Waals surface area contributed by atoms with Crippen LogP contribution in [-0.4, -0.2) is 21.1 Å². The largest absolute Gasteiger partial charge is 0.421 e. The molecule has 1 N–H and O–H groups in total. The highest BCUT2D eigenvalue weighted by molar-refractivity contribution is 5.81. The fourth-order valence-electron chi connectivity index (χ4n) is 3.37. The highest BCUT2D eigenvalue weighted by Gasteiger charge is 2.54. The number of hydrogen-bond donors (Lipinski definition) is 1. The number of aliphatic hydroxyl groups is 1. The average Bonchev–Trinajstić information content (AvgIpc) is 3.11. The topological polar surface area (TPSA) is 38.1 Å². The predicted molar refractivity (Wildman–Crippen MR) is 101 cm³/mol. The van der Waals surface area contributed by atoms with Crippen LogP contribution in [0, 0.1) is 5.82 Å². The number of rotatable bonds is 4. The van der Waals surface area contributed by atoms with E-state index < -0.39 is 24.0 Å². The average molecular weight is 400 g/mol. The molecule has 1 heterocycles. The number of benzene rings is 3. The molecule has 0 amide bonds. The van der Waals surface area contributed by atoms with Crippen molar-refractivity contribution < 1.29 is 22.7 Å². The highest BCUT2D eigenvalue weighted by atomic mass is 19.4. The zero-order valence-corrected chi connectivity index (χ0v) is 15.1. The lowest BCUT2D eigenvalue weighted by atomic mass is 9.86. The molecule has 29 heavy (non-hydrogen) atoms. The number of hydrogen-bond acceptors (Lipinski definition) is 2. The van der Waals surface area contributed by atoms with Gasteiger partial charge in [0.25, 0.3) is 0 Å². The smallest absolute Gasteiger partial charge is 0.376 e. The summed E-state index contributed by atoms with van der Waals surface area (Å²) >= 11 is 0. The Morgan fingerprint density at radius 3 is 2.34 bits per heavy atom. The van der Waals surface area contributed by atoms with Gasteiger partial charge in [-0.3, -0.25) is 0 Å². The third kappa shape index (κ3) is 3.49. The van der Waals surface area contributed by atoms with Crippen molar-refractivity contribution in [1.29, 1.82) is 0 Å². The molecule has 0 bridgehead atoms. The van der Waals surface area contributed by atoms with E-state index in [1.165, 1.54) is 36.5 Å². The van der Waals surface area contributed by atoms with Gasteiger partial charge in [-0.25, -0.2) is 9.07 Å². The minimum absolute atomic E-state index is 0.0462. The van der Waals surface area contributed by atoms with E-state index in [0.29, 0.717) is 10.9 Å². The number of fused-ring (bicyclic) bond motifs is 1. The lowest BCUT2D eigenvalue weighted by molar-refractivity contribution is -0.266. The Hall–Kier alpha value is -3.19. The number of alkyl halides is 3. The first kappa shape index (κ1) is 19.1. The van der Waals surface area contributed by atoms with Gasteiger partial charge < -0.3 is 5.11 Å². The summed E-state index contributed by atoms with van der Waals surface area (Å²) in [7, 11) is 0. The van der Waals surface area contributed by atoms with Gasteiger partial charge in [0.15, 0.2) is 5.60 Å². The van der Waals surface area contributed by atoms with Crippen molar-refractivity contribution >= 4 is 10.9 Å². The van der Waals surface area contributed by atoms with Crippen LogP contribution in [0.5, 0.6) is 0 Å². The molecule has 1 aromatic heterocycles. The molecule has 7 heteroatoms. The summed E-state index contributed by atoms with van der Waals surface area (Å²) in [4.78, 5) is 0. The number of nitrogens with zero attached hydrogens (tertiary/aromatic N) is 2. The first-order chi connectivity index (χ1) is 13.8. The van der Waals surface area contributed by atoms with Crippen molar-refractivity contribution in [1.82, 2.24) is 9.78 Å². The van der Waals surface area contributed by atoms with Crippen LogP contribution in [0.4, 0.5) is 17.6 Å². The van der Waals surface area contributed by atoms with Gasteiger partial charge in [0.2, 0.25) is 0 Å². The minimum Gasteiger partial charge on any atom is -0.376 e. The van der Waals surface area contributed by atoms with Crippen molar-refractivity contribution in [2.75, 3.05) is 0 Å². The molecular formula is C22H16F4N2O. The summed E-state index contributed by atoms with van der Waals surface area (Å²) in [5, 5.41) is 15.4. The Labute approximate surface area is 163 Å². The SMILES string of the molecule is OC(Cc1cccc(F)c1)(c1ccc2c(cnn2-c2ccccc2)c1)C(F)(F)F. The van der Waals surface area contributed by atoms with E-state index in [-0.39, 0.29) is 11.1 Å². The zero-order valence-electron chi connectivity index (χ0n) is 15.1. The number of aromatic nitrogens is 2. The Balaban J connectivity index is 1.79. The summed E-state index contributed by atoms with van der Waals surface area (Å²) in [6, 6.07) is 18.0. The normalized spacial score (nSPS) is 14.1. The van der Waals surface area contributed by atoms with Gasteiger partial charge in [-0.2, -0.15) is 18.3 Å². The van der Waals surface area contributed by atoms with Crippen LogP contribution in [-0.2, 0) is 12.0 Å². The van der Waals surface area contributed by atoms with E-state index in [0.717, 1.165) is 17.8 Å². The second-order valence-corrected chi connectivity index (χ2v) is 6.83. The maximum absolute atomic E-state index is 13.9. The quantitative estimate of drug-likeness (QED) is 0.481. The minimum atomic E-state index is -4.96. The molecule has 0 saturated heterocycles. The van der Waals surface area contributed by atoms with Gasteiger partial charge in [0.1, 0.15) is 5.82 Å². The van der Waals surface area contributed by atoms with Crippen LogP contribution in [0.15, 0.2) is 79.0 Å². The molecule has 4 rings (SSSR count). The van der Waals surface area contributed by atoms with E-state index >= 15 is 0 Å². The Kier molecular flexibility index (Phi) is 4.62. The molecule has 0 saturated carbocycles. The molecule has 4 aromatic rings. The number of halogens is 4. The number of para-hydroxylation sites is 1. The van der Waals surface area contributed by atoms with Crippen molar-refractivity contribution in [2.24, 2.45) is 0 Å². The zero-order chi connectivity index (χ0) is 20.6. The molecule has 0 aliphatic carbocycles. The van der Waals surface area contributed by atoms with E-state index in [1.807, 2.05) is 30.3 Å². The lowest BCUT2D eigenvalue weighted by Gasteiger charge is -2.31. The molecule has 3 aromatic carbocycles. The molecule has 0 fully saturated rings. The second kappa shape index (κ2) is 7.00. The first-order valence-electron chi connectivity index (χ1n) is 8.85. The van der Waals surface area contributed by atoms with Crippen molar-refractivity contribution in [3.05, 3.63) is 95.9 Å². The molecule has 0 radical (unpaired) electrons. The summed E-state index contributed by atoms with van der Waals surface area (Å²) in [6.07, 6.45) is -4.31. The summed E-state index contributed by atoms with van der Waals surface area (Å²) in [6.45, 7) is 0. The molecule has 0 aliphatic rings. The first-order valence-corrected chi connectivity index (χ1v) is 8.85. The van der Waals surface area contributed by atoms with Crippen LogP contribution < -0.4 is 0 Å². The van der Waals surface area contributed by atoms with Crippen molar-refractivity contribution in [3.63, 3.8) is 0 Å². The van der Waals surface area contributed by atoms with Gasteiger partial charge in [0.05, 0.1) is 17.4 Å². The summed E-state index contributed by atoms with van der Waals surface area (Å²) in [5.74, 6) is -0.661. The summed E-state index contributed by atoms with van der Waals surface area (Å²) in [5.41, 5.74) is -2.07. The molecule has 0 spiro atoms. The standard InChI is InChI=1S/C22H16F4N2O/c23-18-6-4-5-15(11-18)13-21(29,22(24,25)26)17-9-10-20-16(12-17)14-27-28(20)19-7-2-1-3-8-19/h1-12,14,29H,13H2. The maximum atomic E-state index is 13.9. The van der Waals surface area contributed by atoms with Gasteiger partial charge in [-0.15, -0.1) is 0 Å². The van der Waals surface area contributed by atoms with Gasteiger partial charge in [0, 0.05) is 11.8 Å². The maximum Gasteiger partial charge on any atom is 0.421 e. The molecular weight excluding hydrogens is 384 g/mol. The van der Waals surface area contributed by atoms with Crippen LogP contribution in [0.25, 0.3) is 16.6 Å². The van der Waals surface area contributed by atoms with Gasteiger partial charge >= 0.3 is 6.18 Å². The van der Waals surface area contributed by atoms with E-state index in [1.54, 1.807) is 4.68 Å². The van der Waals surface area contributed by atoms with Gasteiger partial charge in [-0.1, -0.05) is 36.4 Å². The van der Waals surface area contributed by atoms with Crippen LogP contribution in [0.1, 0.15) is 11.1 Å². The molecule has 1 unspecified atom stereocenters. The van der Waals surface area contributed by atoms with Crippen LogP contribution in [0.3, 0.4) is 0 Å². The fourth-order valence-corrected chi connectivity index (χ4v) is 3.37.